The van der Waals surface area contributed by atoms with Gasteiger partial charge in [0.1, 0.15) is 5.75 Å². The molecule has 2 atom stereocenters. The van der Waals surface area contributed by atoms with Crippen LogP contribution < -0.4 is 5.11 Å². The van der Waals surface area contributed by atoms with E-state index in [1.54, 1.807) is 6.92 Å². The highest BCUT2D eigenvalue weighted by atomic mass is 32.2. The fourth-order valence-corrected chi connectivity index (χ4v) is 1.24. The van der Waals surface area contributed by atoms with Crippen LogP contribution in [0.4, 0.5) is 0 Å². The SMILES string of the molecule is CC[S+](C)[C@H](C)C(=O)[O-]. The number of carboxylic acid groups (broad SMARTS) is 1. The molecule has 0 saturated carbocycles. The third-order valence-corrected chi connectivity index (χ3v) is 3.70. The molecule has 0 aromatic carbocycles. The van der Waals surface area contributed by atoms with Gasteiger partial charge in [-0.2, -0.15) is 0 Å². The highest BCUT2D eigenvalue weighted by molar-refractivity contribution is 7.97. The lowest BCUT2D eigenvalue weighted by atomic mass is 10.5. The third kappa shape index (κ3) is 2.75. The standard InChI is InChI=1S/C6H12O2S/c1-4-9(3)5(2)6(7)8/h5H,4H2,1-3H3/t5-,9?/m1/s1. The maximum absolute atomic E-state index is 10.2. The molecule has 0 saturated heterocycles. The zero-order valence-electron chi connectivity index (χ0n) is 6.01. The van der Waals surface area contributed by atoms with Gasteiger partial charge in [0.2, 0.25) is 0 Å². The van der Waals surface area contributed by atoms with E-state index < -0.39 is 5.97 Å². The highest BCUT2D eigenvalue weighted by Gasteiger charge is 2.18. The largest absolute Gasteiger partial charge is 0.545 e. The summed E-state index contributed by atoms with van der Waals surface area (Å²) in [6.07, 6.45) is 1.94. The van der Waals surface area contributed by atoms with E-state index in [9.17, 15) is 9.90 Å². The van der Waals surface area contributed by atoms with Crippen LogP contribution in [0.2, 0.25) is 0 Å². The molecule has 0 aliphatic rings. The lowest BCUT2D eigenvalue weighted by Crippen LogP contribution is -2.39. The molecule has 0 aromatic rings. The molecular formula is C6H12O2S. The van der Waals surface area contributed by atoms with Crippen molar-refractivity contribution in [1.82, 2.24) is 0 Å². The van der Waals surface area contributed by atoms with E-state index in [4.69, 9.17) is 0 Å². The van der Waals surface area contributed by atoms with Crippen LogP contribution in [0, 0.1) is 0 Å². The van der Waals surface area contributed by atoms with Gasteiger partial charge >= 0.3 is 0 Å². The Balaban J connectivity index is 3.72. The van der Waals surface area contributed by atoms with Gasteiger partial charge in [0, 0.05) is 0 Å². The summed E-state index contributed by atoms with van der Waals surface area (Å²) in [7, 11) is -0.0139. The Bertz CT molecular complexity index is 103. The Morgan fingerprint density at radius 1 is 1.78 bits per heavy atom. The first kappa shape index (κ1) is 8.82. The zero-order valence-corrected chi connectivity index (χ0v) is 6.83. The monoisotopic (exact) mass is 148 g/mol. The van der Waals surface area contributed by atoms with Gasteiger partial charge in [0.05, 0.1) is 12.2 Å². The predicted molar refractivity (Wildman–Crippen MR) is 38.3 cm³/mol. The fourth-order valence-electron chi connectivity index (χ4n) is 0.414. The lowest BCUT2D eigenvalue weighted by Gasteiger charge is -2.09. The molecule has 2 nitrogen and oxygen atoms in total. The lowest BCUT2D eigenvalue weighted by molar-refractivity contribution is -0.304. The summed E-state index contributed by atoms with van der Waals surface area (Å²) in [6.45, 7) is 3.69. The van der Waals surface area contributed by atoms with Gasteiger partial charge in [0.25, 0.3) is 0 Å². The molecule has 0 bridgehead atoms. The summed E-state index contributed by atoms with van der Waals surface area (Å²) in [4.78, 5) is 10.2. The van der Waals surface area contributed by atoms with Gasteiger partial charge < -0.3 is 9.90 Å². The predicted octanol–water partition coefficient (Wildman–Crippen LogP) is -0.607. The molecule has 0 amide bonds. The van der Waals surface area contributed by atoms with Crippen molar-refractivity contribution < 1.29 is 9.90 Å². The quantitative estimate of drug-likeness (QED) is 0.501. The van der Waals surface area contributed by atoms with Gasteiger partial charge in [-0.3, -0.25) is 0 Å². The van der Waals surface area contributed by atoms with Crippen molar-refractivity contribution >= 4 is 16.9 Å². The summed E-state index contributed by atoms with van der Waals surface area (Å²) in [5, 5.41) is 9.91. The second kappa shape index (κ2) is 3.77. The summed E-state index contributed by atoms with van der Waals surface area (Å²) in [5.74, 6) is -0.00233. The van der Waals surface area contributed by atoms with E-state index in [1.807, 2.05) is 13.2 Å². The number of carbonyl (C=O) groups excluding carboxylic acids is 1. The maximum atomic E-state index is 10.2. The number of hydrogen-bond acceptors (Lipinski definition) is 2. The molecule has 54 valence electrons. The number of carboxylic acids is 1. The number of rotatable bonds is 3. The molecule has 0 radical (unpaired) electrons. The minimum absolute atomic E-state index is 0.0139. The van der Waals surface area contributed by atoms with E-state index in [2.05, 4.69) is 0 Å². The molecule has 0 heterocycles. The van der Waals surface area contributed by atoms with Gasteiger partial charge in [0.15, 0.2) is 5.25 Å². The molecule has 0 N–H and O–H groups in total. The van der Waals surface area contributed by atoms with E-state index >= 15 is 0 Å². The van der Waals surface area contributed by atoms with Crippen LogP contribution in [0.3, 0.4) is 0 Å². The number of carbonyl (C=O) groups is 1. The minimum Gasteiger partial charge on any atom is -0.545 e. The molecule has 0 aliphatic heterocycles. The van der Waals surface area contributed by atoms with Crippen molar-refractivity contribution in [1.29, 1.82) is 0 Å². The van der Waals surface area contributed by atoms with E-state index in [0.29, 0.717) is 0 Å². The zero-order chi connectivity index (χ0) is 7.44. The normalized spacial score (nSPS) is 16.8. The molecule has 9 heavy (non-hydrogen) atoms. The average molecular weight is 148 g/mol. The Morgan fingerprint density at radius 2 is 2.22 bits per heavy atom. The van der Waals surface area contributed by atoms with Crippen molar-refractivity contribution in [2.24, 2.45) is 0 Å². The molecule has 0 spiro atoms. The molecule has 3 heteroatoms. The molecule has 0 rings (SSSR count). The van der Waals surface area contributed by atoms with Gasteiger partial charge in [-0.25, -0.2) is 0 Å². The Labute approximate surface area is 58.6 Å². The molecule has 0 aliphatic carbocycles. The second-order valence-electron chi connectivity index (χ2n) is 1.94. The van der Waals surface area contributed by atoms with Gasteiger partial charge in [-0.15, -0.1) is 0 Å². The number of hydrogen-bond donors (Lipinski definition) is 0. The van der Waals surface area contributed by atoms with E-state index in [0.717, 1.165) is 5.75 Å². The van der Waals surface area contributed by atoms with E-state index in [-0.39, 0.29) is 16.1 Å². The smallest absolute Gasteiger partial charge is 0.154 e. The van der Waals surface area contributed by atoms with Crippen molar-refractivity contribution in [3.8, 4) is 0 Å². The topological polar surface area (TPSA) is 40.1 Å². The molecule has 0 fully saturated rings. The molecule has 0 aromatic heterocycles. The molecular weight excluding hydrogens is 136 g/mol. The third-order valence-electron chi connectivity index (χ3n) is 1.39. The minimum atomic E-state index is -0.928. The van der Waals surface area contributed by atoms with E-state index in [1.165, 1.54) is 0 Å². The maximum Gasteiger partial charge on any atom is 0.154 e. The van der Waals surface area contributed by atoms with Crippen LogP contribution in [-0.2, 0) is 15.7 Å². The summed E-state index contributed by atoms with van der Waals surface area (Å²) >= 11 is 0. The number of aliphatic carboxylic acids is 1. The van der Waals surface area contributed by atoms with Crippen LogP contribution in [0.1, 0.15) is 13.8 Å². The van der Waals surface area contributed by atoms with Crippen LogP contribution in [0.25, 0.3) is 0 Å². The Hall–Kier alpha value is -0.180. The fraction of sp³-hybridized carbons (Fsp3) is 0.833. The van der Waals surface area contributed by atoms with Crippen molar-refractivity contribution in [3.63, 3.8) is 0 Å². The van der Waals surface area contributed by atoms with Gasteiger partial charge in [-0.05, 0) is 24.7 Å². The summed E-state index contributed by atoms with van der Waals surface area (Å²) < 4.78 is 0. The van der Waals surface area contributed by atoms with Crippen molar-refractivity contribution in [2.45, 2.75) is 19.1 Å². The Kier molecular flexibility index (Phi) is 3.70. The van der Waals surface area contributed by atoms with Crippen molar-refractivity contribution in [3.05, 3.63) is 0 Å². The first-order chi connectivity index (χ1) is 4.09. The highest BCUT2D eigenvalue weighted by Crippen LogP contribution is 1.99. The Morgan fingerprint density at radius 3 is 2.33 bits per heavy atom. The van der Waals surface area contributed by atoms with Crippen LogP contribution in [0.15, 0.2) is 0 Å². The van der Waals surface area contributed by atoms with Crippen LogP contribution in [-0.4, -0.2) is 23.2 Å². The first-order valence-corrected chi connectivity index (χ1v) is 4.78. The molecule has 1 unspecified atom stereocenters. The van der Waals surface area contributed by atoms with Crippen LogP contribution >= 0.6 is 0 Å². The summed E-state index contributed by atoms with van der Waals surface area (Å²) in [5.41, 5.74) is 0. The average Bonchev–Trinajstić information content (AvgIpc) is 1.84. The van der Waals surface area contributed by atoms with Crippen molar-refractivity contribution in [2.75, 3.05) is 12.0 Å². The van der Waals surface area contributed by atoms with Crippen LogP contribution in [0.5, 0.6) is 0 Å². The first-order valence-electron chi connectivity index (χ1n) is 2.91. The van der Waals surface area contributed by atoms with Gasteiger partial charge in [-0.1, -0.05) is 0 Å². The summed E-state index contributed by atoms with van der Waals surface area (Å²) in [6, 6.07) is 0. The second-order valence-corrected chi connectivity index (χ2v) is 4.61.